The first kappa shape index (κ1) is 14.4. The van der Waals surface area contributed by atoms with E-state index in [-0.39, 0.29) is 5.91 Å². The van der Waals surface area contributed by atoms with Crippen molar-refractivity contribution >= 4 is 28.8 Å². The molecule has 19 heavy (non-hydrogen) atoms. The molecule has 102 valence electrons. The Labute approximate surface area is 122 Å². The molecule has 1 saturated carbocycles. The zero-order valence-electron chi connectivity index (χ0n) is 10.9. The fourth-order valence-electron chi connectivity index (χ4n) is 2.56. The Morgan fingerprint density at radius 1 is 1.58 bits per heavy atom. The molecular formula is C14H17ClN2OS. The maximum atomic E-state index is 12.1. The molecule has 5 heteroatoms. The third-order valence-corrected chi connectivity index (χ3v) is 5.13. The highest BCUT2D eigenvalue weighted by Crippen LogP contribution is 2.34. The van der Waals surface area contributed by atoms with Gasteiger partial charge in [-0.05, 0) is 43.7 Å². The summed E-state index contributed by atoms with van der Waals surface area (Å²) in [5.74, 6) is 0.503. The van der Waals surface area contributed by atoms with Crippen molar-refractivity contribution < 1.29 is 4.79 Å². The number of carbonyl (C=O) groups is 1. The van der Waals surface area contributed by atoms with E-state index in [0.717, 1.165) is 32.1 Å². The van der Waals surface area contributed by atoms with Crippen LogP contribution >= 0.6 is 22.9 Å². The van der Waals surface area contributed by atoms with E-state index in [2.05, 4.69) is 18.3 Å². The third-order valence-electron chi connectivity index (χ3n) is 3.90. The van der Waals surface area contributed by atoms with Gasteiger partial charge in [-0.3, -0.25) is 4.79 Å². The van der Waals surface area contributed by atoms with Gasteiger partial charge in [-0.1, -0.05) is 24.9 Å². The summed E-state index contributed by atoms with van der Waals surface area (Å²) in [7, 11) is 0. The smallest absolute Gasteiger partial charge is 0.262 e. The largest absolute Gasteiger partial charge is 0.333 e. The van der Waals surface area contributed by atoms with Crippen LogP contribution in [0.25, 0.3) is 0 Å². The first-order valence-electron chi connectivity index (χ1n) is 6.57. The fourth-order valence-corrected chi connectivity index (χ4v) is 3.50. The molecule has 0 saturated heterocycles. The normalized spacial score (nSPS) is 26.7. The van der Waals surface area contributed by atoms with E-state index in [4.69, 9.17) is 11.6 Å². The number of hydrogen-bond donors (Lipinski definition) is 1. The molecular weight excluding hydrogens is 280 g/mol. The quantitative estimate of drug-likeness (QED) is 0.917. The average molecular weight is 297 g/mol. The summed E-state index contributed by atoms with van der Waals surface area (Å²) in [6.45, 7) is 2.18. The van der Waals surface area contributed by atoms with E-state index in [1.165, 1.54) is 11.3 Å². The van der Waals surface area contributed by atoms with Gasteiger partial charge in [0.2, 0.25) is 0 Å². The number of halogens is 1. The lowest BCUT2D eigenvalue weighted by Gasteiger charge is -2.35. The summed E-state index contributed by atoms with van der Waals surface area (Å²) < 4.78 is 0.589. The Kier molecular flexibility index (Phi) is 4.49. The topological polar surface area (TPSA) is 52.9 Å². The Morgan fingerprint density at radius 2 is 2.26 bits per heavy atom. The molecule has 0 bridgehead atoms. The van der Waals surface area contributed by atoms with E-state index in [1.807, 2.05) is 0 Å². The molecule has 1 amide bonds. The maximum Gasteiger partial charge on any atom is 0.262 e. The minimum absolute atomic E-state index is 0.187. The summed E-state index contributed by atoms with van der Waals surface area (Å²) in [4.78, 5) is 12.7. The monoisotopic (exact) mass is 296 g/mol. The van der Waals surface area contributed by atoms with Crippen molar-refractivity contribution in [3.63, 3.8) is 0 Å². The second-order valence-corrected chi connectivity index (χ2v) is 6.82. The molecule has 0 unspecified atom stereocenters. The molecule has 1 aliphatic carbocycles. The van der Waals surface area contributed by atoms with Crippen LogP contribution in [0, 0.1) is 17.2 Å². The van der Waals surface area contributed by atoms with Gasteiger partial charge in [0, 0.05) is 0 Å². The first-order chi connectivity index (χ1) is 9.08. The number of rotatable bonds is 3. The molecule has 2 rings (SSSR count). The molecule has 3 nitrogen and oxygen atoms in total. The average Bonchev–Trinajstić information content (AvgIpc) is 2.86. The number of nitrogens with one attached hydrogen (secondary N) is 1. The fraction of sp³-hybridized carbons (Fsp3) is 0.571. The van der Waals surface area contributed by atoms with Crippen molar-refractivity contribution in [3.8, 4) is 6.07 Å². The van der Waals surface area contributed by atoms with Crippen LogP contribution in [0.1, 0.15) is 48.7 Å². The van der Waals surface area contributed by atoms with E-state index in [1.54, 1.807) is 12.1 Å². The standard InChI is InChI=1S/C14H17ClN2OS/c1-2-10-5-7-14(9-16,8-6-10)17-13(18)11-3-4-12(15)19-11/h3-4,10H,2,5-8H2,1H3,(H,17,18). The molecule has 1 heterocycles. The summed E-state index contributed by atoms with van der Waals surface area (Å²) in [6.07, 6.45) is 4.65. The Balaban J connectivity index is 2.04. The van der Waals surface area contributed by atoms with E-state index in [9.17, 15) is 10.1 Å². The van der Waals surface area contributed by atoms with Gasteiger partial charge in [0.15, 0.2) is 0 Å². The molecule has 1 aromatic rings. The van der Waals surface area contributed by atoms with Gasteiger partial charge in [-0.2, -0.15) is 5.26 Å². The lowest BCUT2D eigenvalue weighted by molar-refractivity contribution is 0.0895. The first-order valence-corrected chi connectivity index (χ1v) is 7.77. The zero-order valence-corrected chi connectivity index (χ0v) is 12.5. The Bertz CT molecular complexity index is 498. The summed E-state index contributed by atoms with van der Waals surface area (Å²) in [5.41, 5.74) is -0.695. The van der Waals surface area contributed by atoms with Crippen LogP contribution in [0.2, 0.25) is 4.34 Å². The highest BCUT2D eigenvalue weighted by molar-refractivity contribution is 7.18. The third kappa shape index (κ3) is 3.29. The maximum absolute atomic E-state index is 12.1. The van der Waals surface area contributed by atoms with Crippen LogP contribution in [-0.2, 0) is 0 Å². The minimum atomic E-state index is -0.695. The zero-order chi connectivity index (χ0) is 13.9. The molecule has 0 spiro atoms. The van der Waals surface area contributed by atoms with Crippen molar-refractivity contribution in [2.45, 2.75) is 44.6 Å². The molecule has 0 atom stereocenters. The SMILES string of the molecule is CCC1CCC(C#N)(NC(=O)c2ccc(Cl)s2)CC1. The van der Waals surface area contributed by atoms with E-state index in [0.29, 0.717) is 15.1 Å². The van der Waals surface area contributed by atoms with Gasteiger partial charge in [0.25, 0.3) is 5.91 Å². The van der Waals surface area contributed by atoms with Gasteiger partial charge >= 0.3 is 0 Å². The van der Waals surface area contributed by atoms with Crippen LogP contribution in [0.5, 0.6) is 0 Å². The number of nitrogens with zero attached hydrogens (tertiary/aromatic N) is 1. The molecule has 1 aromatic heterocycles. The van der Waals surface area contributed by atoms with Crippen LogP contribution in [0.3, 0.4) is 0 Å². The molecule has 0 radical (unpaired) electrons. The minimum Gasteiger partial charge on any atom is -0.333 e. The number of thiophene rings is 1. The molecule has 0 aromatic carbocycles. The summed E-state index contributed by atoms with van der Waals surface area (Å²) >= 11 is 7.07. The number of hydrogen-bond acceptors (Lipinski definition) is 3. The van der Waals surface area contributed by atoms with Gasteiger partial charge in [-0.15, -0.1) is 11.3 Å². The number of nitriles is 1. The molecule has 1 fully saturated rings. The predicted octanol–water partition coefficient (Wildman–Crippen LogP) is 3.99. The predicted molar refractivity (Wildman–Crippen MR) is 77.4 cm³/mol. The van der Waals surface area contributed by atoms with Crippen molar-refractivity contribution in [1.82, 2.24) is 5.32 Å². The van der Waals surface area contributed by atoms with E-state index >= 15 is 0 Å². The van der Waals surface area contributed by atoms with Gasteiger partial charge in [0.05, 0.1) is 15.3 Å². The molecule has 1 N–H and O–H groups in total. The van der Waals surface area contributed by atoms with Crippen LogP contribution in [0.4, 0.5) is 0 Å². The Morgan fingerprint density at radius 3 is 2.74 bits per heavy atom. The van der Waals surface area contributed by atoms with Gasteiger partial charge < -0.3 is 5.32 Å². The van der Waals surface area contributed by atoms with Crippen LogP contribution < -0.4 is 5.32 Å². The van der Waals surface area contributed by atoms with Crippen LogP contribution in [0.15, 0.2) is 12.1 Å². The second-order valence-electron chi connectivity index (χ2n) is 5.10. The van der Waals surface area contributed by atoms with Crippen molar-refractivity contribution in [1.29, 1.82) is 5.26 Å². The summed E-state index contributed by atoms with van der Waals surface area (Å²) in [5, 5.41) is 12.3. The molecule has 0 aliphatic heterocycles. The summed E-state index contributed by atoms with van der Waals surface area (Å²) in [6, 6.07) is 5.71. The van der Waals surface area contributed by atoms with Crippen molar-refractivity contribution in [3.05, 3.63) is 21.3 Å². The van der Waals surface area contributed by atoms with Crippen LogP contribution in [-0.4, -0.2) is 11.4 Å². The van der Waals surface area contributed by atoms with E-state index < -0.39 is 5.54 Å². The van der Waals surface area contributed by atoms with Crippen molar-refractivity contribution in [2.75, 3.05) is 0 Å². The highest BCUT2D eigenvalue weighted by atomic mass is 35.5. The lowest BCUT2D eigenvalue weighted by Crippen LogP contribution is -2.49. The highest BCUT2D eigenvalue weighted by Gasteiger charge is 2.36. The number of amides is 1. The molecule has 1 aliphatic rings. The number of carbonyl (C=O) groups excluding carboxylic acids is 1. The lowest BCUT2D eigenvalue weighted by atomic mass is 9.76. The second kappa shape index (κ2) is 5.94. The van der Waals surface area contributed by atoms with Gasteiger partial charge in [-0.25, -0.2) is 0 Å². The Hall–Kier alpha value is -1.05. The van der Waals surface area contributed by atoms with Gasteiger partial charge in [0.1, 0.15) is 5.54 Å². The van der Waals surface area contributed by atoms with Crippen molar-refractivity contribution in [2.24, 2.45) is 5.92 Å².